The van der Waals surface area contributed by atoms with Gasteiger partial charge in [0.1, 0.15) is 5.75 Å². The standard InChI is InChI=1S/C18H21N3O2.ClH/c1-23-16-8-4-13(5-9-16)18(12-2-3-12)21-17(22)10-15-7-6-14(19)11-20-15;/h4-9,11-12,18H,2-3,10,19H2,1H3,(H,21,22);1H. The van der Waals surface area contributed by atoms with E-state index in [1.807, 2.05) is 24.3 Å². The SMILES string of the molecule is COc1ccc(C(NC(=O)Cc2ccc(N)cn2)C2CC2)cc1.Cl. The predicted molar refractivity (Wildman–Crippen MR) is 96.2 cm³/mol. The van der Waals surface area contributed by atoms with Gasteiger partial charge in [-0.25, -0.2) is 0 Å². The first-order valence-electron chi connectivity index (χ1n) is 7.79. The number of hydrogen-bond donors (Lipinski definition) is 2. The summed E-state index contributed by atoms with van der Waals surface area (Å²) < 4.78 is 5.19. The molecule has 0 aliphatic heterocycles. The number of halogens is 1. The van der Waals surface area contributed by atoms with E-state index in [-0.39, 0.29) is 30.8 Å². The van der Waals surface area contributed by atoms with E-state index in [0.29, 0.717) is 11.6 Å². The molecule has 0 radical (unpaired) electrons. The first kappa shape index (κ1) is 18.1. The van der Waals surface area contributed by atoms with Gasteiger partial charge in [-0.05, 0) is 48.6 Å². The number of pyridine rings is 1. The number of benzene rings is 1. The van der Waals surface area contributed by atoms with E-state index in [0.717, 1.165) is 29.8 Å². The van der Waals surface area contributed by atoms with Crippen molar-refractivity contribution in [1.29, 1.82) is 0 Å². The topological polar surface area (TPSA) is 77.2 Å². The summed E-state index contributed by atoms with van der Waals surface area (Å²) in [6.45, 7) is 0. The number of rotatable bonds is 6. The maximum Gasteiger partial charge on any atom is 0.226 e. The largest absolute Gasteiger partial charge is 0.497 e. The Labute approximate surface area is 148 Å². The van der Waals surface area contributed by atoms with Crippen molar-refractivity contribution in [3.63, 3.8) is 0 Å². The first-order valence-corrected chi connectivity index (χ1v) is 7.79. The molecule has 3 N–H and O–H groups in total. The van der Waals surface area contributed by atoms with E-state index < -0.39 is 0 Å². The fourth-order valence-corrected chi connectivity index (χ4v) is 2.64. The zero-order valence-corrected chi connectivity index (χ0v) is 14.4. The molecule has 0 saturated heterocycles. The lowest BCUT2D eigenvalue weighted by atomic mass is 10.0. The number of carbonyl (C=O) groups is 1. The Morgan fingerprint density at radius 2 is 2.00 bits per heavy atom. The molecule has 1 fully saturated rings. The molecule has 0 spiro atoms. The number of hydrogen-bond acceptors (Lipinski definition) is 4. The summed E-state index contributed by atoms with van der Waals surface area (Å²) in [6.07, 6.45) is 4.14. The van der Waals surface area contributed by atoms with Crippen molar-refractivity contribution in [2.24, 2.45) is 5.92 Å². The molecule has 1 saturated carbocycles. The van der Waals surface area contributed by atoms with Crippen LogP contribution in [0.25, 0.3) is 0 Å². The molecule has 3 rings (SSSR count). The normalized spacial score (nSPS) is 14.4. The number of amides is 1. The van der Waals surface area contributed by atoms with Crippen LogP contribution in [-0.4, -0.2) is 18.0 Å². The van der Waals surface area contributed by atoms with Crippen LogP contribution in [-0.2, 0) is 11.2 Å². The lowest BCUT2D eigenvalue weighted by Crippen LogP contribution is -2.31. The van der Waals surface area contributed by atoms with Crippen LogP contribution in [0.2, 0.25) is 0 Å². The van der Waals surface area contributed by atoms with Gasteiger partial charge in [-0.3, -0.25) is 9.78 Å². The van der Waals surface area contributed by atoms with Crippen molar-refractivity contribution in [2.45, 2.75) is 25.3 Å². The summed E-state index contributed by atoms with van der Waals surface area (Å²) in [4.78, 5) is 16.5. The Bertz CT molecular complexity index is 670. The van der Waals surface area contributed by atoms with Crippen LogP contribution in [0.4, 0.5) is 5.69 Å². The summed E-state index contributed by atoms with van der Waals surface area (Å²) >= 11 is 0. The molecule has 1 aromatic heterocycles. The monoisotopic (exact) mass is 347 g/mol. The maximum atomic E-state index is 12.3. The number of nitrogens with zero attached hydrogens (tertiary/aromatic N) is 1. The van der Waals surface area contributed by atoms with Gasteiger partial charge in [0.05, 0.1) is 31.5 Å². The average Bonchev–Trinajstić information content (AvgIpc) is 3.40. The molecule has 5 nitrogen and oxygen atoms in total. The maximum absolute atomic E-state index is 12.3. The summed E-state index contributed by atoms with van der Waals surface area (Å²) in [5.41, 5.74) is 8.05. The minimum atomic E-state index is -0.0185. The van der Waals surface area contributed by atoms with Gasteiger partial charge in [-0.1, -0.05) is 12.1 Å². The third kappa shape index (κ3) is 4.61. The van der Waals surface area contributed by atoms with Crippen molar-refractivity contribution in [1.82, 2.24) is 10.3 Å². The number of methoxy groups -OCH3 is 1. The lowest BCUT2D eigenvalue weighted by molar-refractivity contribution is -0.121. The van der Waals surface area contributed by atoms with Crippen molar-refractivity contribution >= 4 is 24.0 Å². The molecule has 1 aliphatic carbocycles. The number of nitrogens with two attached hydrogens (primary N) is 1. The molecule has 1 aromatic carbocycles. The minimum Gasteiger partial charge on any atom is -0.497 e. The number of ether oxygens (including phenoxy) is 1. The third-order valence-electron chi connectivity index (χ3n) is 4.07. The van der Waals surface area contributed by atoms with E-state index >= 15 is 0 Å². The molecule has 24 heavy (non-hydrogen) atoms. The van der Waals surface area contributed by atoms with Gasteiger partial charge in [0.25, 0.3) is 0 Å². The number of nitrogen functional groups attached to an aromatic ring is 1. The highest BCUT2D eigenvalue weighted by Gasteiger charge is 2.33. The zero-order valence-electron chi connectivity index (χ0n) is 13.6. The molecule has 0 bridgehead atoms. The van der Waals surface area contributed by atoms with Crippen LogP contribution in [0.1, 0.15) is 30.1 Å². The highest BCUT2D eigenvalue weighted by Crippen LogP contribution is 2.41. The second-order valence-corrected chi connectivity index (χ2v) is 5.92. The van der Waals surface area contributed by atoms with Crippen LogP contribution in [0.15, 0.2) is 42.6 Å². The zero-order chi connectivity index (χ0) is 16.2. The second kappa shape index (κ2) is 8.02. The van der Waals surface area contributed by atoms with Crippen LogP contribution < -0.4 is 15.8 Å². The van der Waals surface area contributed by atoms with E-state index in [1.54, 1.807) is 25.4 Å². The predicted octanol–water partition coefficient (Wildman–Crippen LogP) is 2.90. The van der Waals surface area contributed by atoms with Crippen molar-refractivity contribution in [3.8, 4) is 5.75 Å². The number of anilines is 1. The number of nitrogens with one attached hydrogen (secondary N) is 1. The molecule has 1 unspecified atom stereocenters. The fraction of sp³-hybridized carbons (Fsp3) is 0.333. The van der Waals surface area contributed by atoms with Crippen LogP contribution in [0, 0.1) is 5.92 Å². The van der Waals surface area contributed by atoms with E-state index in [4.69, 9.17) is 10.5 Å². The molecule has 2 aromatic rings. The van der Waals surface area contributed by atoms with Gasteiger partial charge in [0, 0.05) is 5.69 Å². The molecule has 6 heteroatoms. The first-order chi connectivity index (χ1) is 11.2. The summed E-state index contributed by atoms with van der Waals surface area (Å²) in [7, 11) is 1.65. The van der Waals surface area contributed by atoms with Gasteiger partial charge in [-0.15, -0.1) is 12.4 Å². The van der Waals surface area contributed by atoms with Gasteiger partial charge >= 0.3 is 0 Å². The third-order valence-corrected chi connectivity index (χ3v) is 4.07. The summed E-state index contributed by atoms with van der Waals surface area (Å²) in [5.74, 6) is 1.32. The average molecular weight is 348 g/mol. The van der Waals surface area contributed by atoms with Crippen LogP contribution in [0.3, 0.4) is 0 Å². The van der Waals surface area contributed by atoms with Gasteiger partial charge in [0.2, 0.25) is 5.91 Å². The van der Waals surface area contributed by atoms with E-state index in [1.165, 1.54) is 0 Å². The van der Waals surface area contributed by atoms with E-state index in [9.17, 15) is 4.79 Å². The van der Waals surface area contributed by atoms with Crippen molar-refractivity contribution in [3.05, 3.63) is 53.9 Å². The van der Waals surface area contributed by atoms with Gasteiger partial charge in [0.15, 0.2) is 0 Å². The Hall–Kier alpha value is -2.27. The Morgan fingerprint density at radius 3 is 2.54 bits per heavy atom. The molecule has 1 amide bonds. The quantitative estimate of drug-likeness (QED) is 0.842. The second-order valence-electron chi connectivity index (χ2n) is 5.92. The summed E-state index contributed by atoms with van der Waals surface area (Å²) in [6, 6.07) is 11.5. The Balaban J connectivity index is 0.00000208. The molecular formula is C18H22ClN3O2. The molecule has 1 heterocycles. The van der Waals surface area contributed by atoms with Crippen LogP contribution >= 0.6 is 12.4 Å². The van der Waals surface area contributed by atoms with Gasteiger partial charge in [-0.2, -0.15) is 0 Å². The summed E-state index contributed by atoms with van der Waals surface area (Å²) in [5, 5.41) is 3.14. The Kier molecular flexibility index (Phi) is 6.04. The molecular weight excluding hydrogens is 326 g/mol. The smallest absolute Gasteiger partial charge is 0.226 e. The molecule has 128 valence electrons. The Morgan fingerprint density at radius 1 is 1.29 bits per heavy atom. The number of carbonyl (C=O) groups excluding carboxylic acids is 1. The van der Waals surface area contributed by atoms with Crippen molar-refractivity contribution < 1.29 is 9.53 Å². The highest BCUT2D eigenvalue weighted by molar-refractivity contribution is 5.85. The van der Waals surface area contributed by atoms with Gasteiger partial charge < -0.3 is 15.8 Å². The highest BCUT2D eigenvalue weighted by atomic mass is 35.5. The molecule has 1 aliphatic rings. The minimum absolute atomic E-state index is 0. The van der Waals surface area contributed by atoms with E-state index in [2.05, 4.69) is 10.3 Å². The number of aromatic nitrogens is 1. The fourth-order valence-electron chi connectivity index (χ4n) is 2.64. The lowest BCUT2D eigenvalue weighted by Gasteiger charge is -2.19. The van der Waals surface area contributed by atoms with Crippen molar-refractivity contribution in [2.75, 3.05) is 12.8 Å². The molecule has 1 atom stereocenters. The van der Waals surface area contributed by atoms with Crippen LogP contribution in [0.5, 0.6) is 5.75 Å².